The summed E-state index contributed by atoms with van der Waals surface area (Å²) in [7, 11) is 0. The Morgan fingerprint density at radius 1 is 0.964 bits per heavy atom. The fourth-order valence-corrected chi connectivity index (χ4v) is 8.27. The van der Waals surface area contributed by atoms with Gasteiger partial charge in [0, 0.05) is 61.9 Å². The number of hydrogen-bond acceptors (Lipinski definition) is 12. The number of nitriles is 2. The molecule has 4 aromatic heterocycles. The lowest BCUT2D eigenvalue weighted by Crippen LogP contribution is -2.47. The van der Waals surface area contributed by atoms with Crippen LogP contribution in [0.1, 0.15) is 86.9 Å². The molecule has 8 rings (SSSR count). The highest BCUT2D eigenvalue weighted by atomic mass is 16.2. The first-order chi connectivity index (χ1) is 27.4. The molecule has 2 amide bonds. The van der Waals surface area contributed by atoms with Crippen molar-refractivity contribution in [2.45, 2.75) is 76.2 Å². The molecule has 1 saturated carbocycles. The second-order valence-corrected chi connectivity index (χ2v) is 15.1. The van der Waals surface area contributed by atoms with Gasteiger partial charge in [0.2, 0.25) is 11.8 Å². The molecule has 2 unspecified atom stereocenters. The van der Waals surface area contributed by atoms with Gasteiger partial charge in [-0.1, -0.05) is 24.3 Å². The molecule has 2 aliphatic heterocycles. The zero-order valence-electron chi connectivity index (χ0n) is 31.5. The average molecular weight is 752 g/mol. The van der Waals surface area contributed by atoms with Crippen LogP contribution >= 0.6 is 0 Å². The third kappa shape index (κ3) is 7.81. The van der Waals surface area contributed by atoms with E-state index in [2.05, 4.69) is 65.1 Å². The highest BCUT2D eigenvalue weighted by Crippen LogP contribution is 2.37. The number of benzene rings is 1. The maximum absolute atomic E-state index is 12.3. The predicted molar refractivity (Wildman–Crippen MR) is 209 cm³/mol. The molecule has 3 aliphatic rings. The van der Waals surface area contributed by atoms with E-state index < -0.39 is 6.04 Å². The van der Waals surface area contributed by atoms with Gasteiger partial charge in [-0.3, -0.25) is 19.8 Å². The van der Waals surface area contributed by atoms with Gasteiger partial charge in [0.1, 0.15) is 17.8 Å². The van der Waals surface area contributed by atoms with Crippen molar-refractivity contribution >= 4 is 34.2 Å². The molecule has 15 heteroatoms. The topological polar surface area (TPSA) is 187 Å². The third-order valence-corrected chi connectivity index (χ3v) is 11.7. The summed E-state index contributed by atoms with van der Waals surface area (Å²) in [6, 6.07) is 15.9. The summed E-state index contributed by atoms with van der Waals surface area (Å²) in [4.78, 5) is 38.0. The number of aromatic nitrogens is 7. The fraction of sp³-hybridized carbons (Fsp3) is 0.439. The largest absolute Gasteiger partial charge is 0.369 e. The Hall–Kier alpha value is -6.19. The lowest BCUT2D eigenvalue weighted by Gasteiger charge is -2.37. The normalized spacial score (nSPS) is 21.0. The second kappa shape index (κ2) is 16.3. The molecule has 6 heterocycles. The minimum Gasteiger partial charge on any atom is -0.369 e. The highest BCUT2D eigenvalue weighted by molar-refractivity contribution is 6.01. The molecule has 5 aromatic rings. The first kappa shape index (κ1) is 36.8. The van der Waals surface area contributed by atoms with Gasteiger partial charge in [-0.25, -0.2) is 14.6 Å². The lowest BCUT2D eigenvalue weighted by atomic mass is 9.79. The predicted octanol–water partition coefficient (Wildman–Crippen LogP) is 4.99. The second-order valence-electron chi connectivity index (χ2n) is 15.1. The van der Waals surface area contributed by atoms with Gasteiger partial charge in [-0.15, -0.1) is 5.10 Å². The molecule has 2 saturated heterocycles. The number of rotatable bonds is 11. The lowest BCUT2D eigenvalue weighted by molar-refractivity contribution is -0.134. The van der Waals surface area contributed by atoms with Crippen LogP contribution in [0.3, 0.4) is 0 Å². The molecule has 56 heavy (non-hydrogen) atoms. The molecule has 2 atom stereocenters. The Bertz CT molecular complexity index is 2290. The van der Waals surface area contributed by atoms with Crippen LogP contribution in [0.2, 0.25) is 0 Å². The van der Waals surface area contributed by atoms with Gasteiger partial charge in [0.05, 0.1) is 47.5 Å². The molecule has 286 valence electrons. The van der Waals surface area contributed by atoms with Crippen LogP contribution in [-0.2, 0) is 9.59 Å². The van der Waals surface area contributed by atoms with E-state index in [4.69, 9.17) is 4.98 Å². The number of hydrogen-bond donors (Lipinski definition) is 2. The molecule has 2 N–H and O–H groups in total. The van der Waals surface area contributed by atoms with Crippen molar-refractivity contribution in [2.75, 3.05) is 42.9 Å². The Labute approximate surface area is 325 Å². The van der Waals surface area contributed by atoms with Gasteiger partial charge in [0.15, 0.2) is 11.5 Å². The smallest absolute Gasteiger partial charge is 0.234 e. The van der Waals surface area contributed by atoms with Gasteiger partial charge in [-0.2, -0.15) is 20.3 Å². The van der Waals surface area contributed by atoms with Gasteiger partial charge in [0.25, 0.3) is 0 Å². The van der Waals surface area contributed by atoms with Gasteiger partial charge in [-0.05, 0) is 81.2 Å². The molecular weight excluding hydrogens is 707 g/mol. The van der Waals surface area contributed by atoms with Crippen molar-refractivity contribution < 1.29 is 9.59 Å². The average Bonchev–Trinajstić information content (AvgIpc) is 3.90. The monoisotopic (exact) mass is 751 g/mol. The molecule has 1 aliphatic carbocycles. The van der Waals surface area contributed by atoms with Crippen LogP contribution in [0.15, 0.2) is 61.2 Å². The fourth-order valence-electron chi connectivity index (χ4n) is 8.27. The molecule has 3 fully saturated rings. The molecule has 1 aromatic carbocycles. The quantitative estimate of drug-likeness (QED) is 0.173. The van der Waals surface area contributed by atoms with E-state index in [0.717, 1.165) is 62.2 Å². The van der Waals surface area contributed by atoms with Crippen molar-refractivity contribution in [1.82, 2.24) is 45.0 Å². The molecule has 0 radical (unpaired) electrons. The van der Waals surface area contributed by atoms with Crippen LogP contribution in [0.5, 0.6) is 0 Å². The van der Waals surface area contributed by atoms with E-state index in [1.807, 2.05) is 31.3 Å². The summed E-state index contributed by atoms with van der Waals surface area (Å²) in [6.45, 7) is 7.09. The van der Waals surface area contributed by atoms with E-state index >= 15 is 0 Å². The van der Waals surface area contributed by atoms with Gasteiger partial charge >= 0.3 is 0 Å². The Balaban J connectivity index is 0.844. The summed E-state index contributed by atoms with van der Waals surface area (Å²) in [5.41, 5.74) is 5.54. The van der Waals surface area contributed by atoms with Gasteiger partial charge < -0.3 is 10.2 Å². The Morgan fingerprint density at radius 2 is 1.77 bits per heavy atom. The number of nitrogens with zero attached hydrogens (tertiary/aromatic N) is 11. The van der Waals surface area contributed by atoms with E-state index in [1.54, 1.807) is 27.8 Å². The molecular formula is C41H45N13O2. The van der Waals surface area contributed by atoms with Crippen molar-refractivity contribution in [3.8, 4) is 23.6 Å². The van der Waals surface area contributed by atoms with Crippen LogP contribution in [0.4, 0.5) is 11.4 Å². The number of imide groups is 1. The number of piperazine rings is 1. The number of carbonyl (C=O) groups is 2. The SMILES string of the molecule is CCC(C#N)Nc1cc(-n2ncc3cc(C#N)cnc32)ncc1-n1cc(C2CCC(CCN3CCN(c4ccc(C5CCC(=O)NC5=O)cc4)CC3)CC2)nn1. The Morgan fingerprint density at radius 3 is 2.50 bits per heavy atom. The minimum atomic E-state index is -0.414. The van der Waals surface area contributed by atoms with E-state index in [0.29, 0.717) is 59.5 Å². The number of fused-ring (bicyclic) bond motifs is 1. The number of nitrogens with one attached hydrogen (secondary N) is 2. The first-order valence-corrected chi connectivity index (χ1v) is 19.6. The molecule has 0 bridgehead atoms. The summed E-state index contributed by atoms with van der Waals surface area (Å²) in [5, 5.41) is 39.2. The van der Waals surface area contributed by atoms with Crippen LogP contribution in [0, 0.1) is 28.6 Å². The van der Waals surface area contributed by atoms with Crippen molar-refractivity contribution in [3.05, 3.63) is 78.0 Å². The van der Waals surface area contributed by atoms with Crippen molar-refractivity contribution in [2.24, 2.45) is 5.92 Å². The number of pyridine rings is 2. The van der Waals surface area contributed by atoms with Crippen molar-refractivity contribution in [1.29, 1.82) is 10.5 Å². The third-order valence-electron chi connectivity index (χ3n) is 11.7. The standard InChI is InChI=1S/C41H45N13O2/c1-2-32(22-43)47-35-20-38(54-40-31(24-46-54)19-28(21-42)23-45-40)44-25-37(35)53-26-36(49-50-53)30-5-3-27(4-6-30)13-14-51-15-17-52(18-16-51)33-9-7-29(8-10-33)34-11-12-39(55)48-41(34)56/h7-10,19-20,23-27,30,32,34H,2-6,11-18H2,1H3,(H,44,47)(H,48,55,56). The summed E-state index contributed by atoms with van der Waals surface area (Å²) < 4.78 is 3.37. The van der Waals surface area contributed by atoms with Crippen LogP contribution in [0.25, 0.3) is 22.5 Å². The first-order valence-electron chi connectivity index (χ1n) is 19.6. The summed E-state index contributed by atoms with van der Waals surface area (Å²) >= 11 is 0. The molecule has 15 nitrogen and oxygen atoms in total. The highest BCUT2D eigenvalue weighted by Gasteiger charge is 2.29. The van der Waals surface area contributed by atoms with Crippen LogP contribution in [-0.4, -0.2) is 90.2 Å². The number of carbonyl (C=O) groups excluding carboxylic acids is 2. The Kier molecular flexibility index (Phi) is 10.7. The van der Waals surface area contributed by atoms with E-state index in [9.17, 15) is 20.1 Å². The number of anilines is 2. The molecule has 0 spiro atoms. The summed E-state index contributed by atoms with van der Waals surface area (Å²) in [5.74, 6) is 0.940. The van der Waals surface area contributed by atoms with E-state index in [1.165, 1.54) is 31.1 Å². The zero-order valence-corrected chi connectivity index (χ0v) is 31.5. The number of piperidine rings is 1. The maximum atomic E-state index is 12.3. The van der Waals surface area contributed by atoms with E-state index in [-0.39, 0.29) is 17.7 Å². The zero-order chi connectivity index (χ0) is 38.6. The van der Waals surface area contributed by atoms with Crippen LogP contribution < -0.4 is 15.5 Å². The minimum absolute atomic E-state index is 0.183. The number of amides is 2. The maximum Gasteiger partial charge on any atom is 0.234 e. The van der Waals surface area contributed by atoms with Crippen molar-refractivity contribution in [3.63, 3.8) is 0 Å². The summed E-state index contributed by atoms with van der Waals surface area (Å²) in [6.07, 6.45) is 14.2.